The lowest BCUT2D eigenvalue weighted by molar-refractivity contribution is -0.113. The maximum Gasteiger partial charge on any atom is 0.123 e. The van der Waals surface area contributed by atoms with E-state index >= 15 is 0 Å². The molecular formula is C13H24O2. The fourth-order valence-corrected chi connectivity index (χ4v) is 1.85. The molecule has 2 heteroatoms. The molecule has 0 saturated heterocycles. The van der Waals surface area contributed by atoms with Crippen LogP contribution in [0.5, 0.6) is 0 Å². The Labute approximate surface area is 93.4 Å². The Kier molecular flexibility index (Phi) is 9.44. The molecule has 0 aliphatic rings. The van der Waals surface area contributed by atoms with E-state index in [9.17, 15) is 9.59 Å². The maximum atomic E-state index is 10.8. The van der Waals surface area contributed by atoms with Gasteiger partial charge in [-0.05, 0) is 12.3 Å². The van der Waals surface area contributed by atoms with Crippen LogP contribution < -0.4 is 0 Å². The number of carbonyl (C=O) groups is 2. The standard InChI is InChI=1S/C13H24O2/c1-3-4-5-6-8-12(2)13(11-15)9-7-10-14/h10-13H,3-9H2,1-2H3. The molecule has 0 N–H and O–H groups in total. The van der Waals surface area contributed by atoms with Crippen LogP contribution in [0, 0.1) is 11.8 Å². The predicted molar refractivity (Wildman–Crippen MR) is 62.8 cm³/mol. The molecule has 2 atom stereocenters. The van der Waals surface area contributed by atoms with Gasteiger partial charge >= 0.3 is 0 Å². The highest BCUT2D eigenvalue weighted by Gasteiger charge is 2.15. The van der Waals surface area contributed by atoms with Crippen molar-refractivity contribution < 1.29 is 9.59 Å². The van der Waals surface area contributed by atoms with Crippen LogP contribution in [0.15, 0.2) is 0 Å². The minimum Gasteiger partial charge on any atom is -0.303 e. The van der Waals surface area contributed by atoms with Crippen LogP contribution in [0.4, 0.5) is 0 Å². The number of rotatable bonds is 10. The first kappa shape index (κ1) is 14.3. The van der Waals surface area contributed by atoms with Crippen LogP contribution in [-0.2, 0) is 9.59 Å². The van der Waals surface area contributed by atoms with Gasteiger partial charge in [-0.3, -0.25) is 0 Å². The zero-order chi connectivity index (χ0) is 11.5. The Morgan fingerprint density at radius 1 is 1.07 bits per heavy atom. The predicted octanol–water partition coefficient (Wildman–Crippen LogP) is 3.39. The van der Waals surface area contributed by atoms with Crippen molar-refractivity contribution in [2.75, 3.05) is 0 Å². The molecule has 0 fully saturated rings. The van der Waals surface area contributed by atoms with Gasteiger partial charge in [0.2, 0.25) is 0 Å². The molecule has 0 spiro atoms. The van der Waals surface area contributed by atoms with Crippen molar-refractivity contribution in [1.82, 2.24) is 0 Å². The zero-order valence-electron chi connectivity index (χ0n) is 10.1. The molecule has 0 aliphatic heterocycles. The molecule has 0 rings (SSSR count). The van der Waals surface area contributed by atoms with E-state index in [-0.39, 0.29) is 5.92 Å². The molecule has 2 unspecified atom stereocenters. The van der Waals surface area contributed by atoms with Gasteiger partial charge in [0.25, 0.3) is 0 Å². The number of carbonyl (C=O) groups excluding carboxylic acids is 2. The smallest absolute Gasteiger partial charge is 0.123 e. The SMILES string of the molecule is CCCCCCC(C)C(C=O)CCC=O. The topological polar surface area (TPSA) is 34.1 Å². The number of hydrogen-bond donors (Lipinski definition) is 0. The van der Waals surface area contributed by atoms with Crippen LogP contribution in [0.25, 0.3) is 0 Å². The van der Waals surface area contributed by atoms with Crippen molar-refractivity contribution >= 4 is 12.6 Å². The maximum absolute atomic E-state index is 10.8. The fraction of sp³-hybridized carbons (Fsp3) is 0.846. The molecule has 88 valence electrons. The van der Waals surface area contributed by atoms with Crippen molar-refractivity contribution in [1.29, 1.82) is 0 Å². The third kappa shape index (κ3) is 7.29. The summed E-state index contributed by atoms with van der Waals surface area (Å²) < 4.78 is 0. The van der Waals surface area contributed by atoms with Gasteiger partial charge in [-0.1, -0.05) is 46.0 Å². The molecule has 0 aliphatic carbocycles. The van der Waals surface area contributed by atoms with E-state index < -0.39 is 0 Å². The first-order valence-corrected chi connectivity index (χ1v) is 6.15. The van der Waals surface area contributed by atoms with Gasteiger partial charge < -0.3 is 9.59 Å². The second-order valence-electron chi connectivity index (χ2n) is 4.37. The largest absolute Gasteiger partial charge is 0.303 e. The molecule has 0 saturated carbocycles. The Bertz CT molecular complexity index is 166. The molecular weight excluding hydrogens is 188 g/mol. The molecule has 15 heavy (non-hydrogen) atoms. The van der Waals surface area contributed by atoms with Crippen LogP contribution in [0.3, 0.4) is 0 Å². The molecule has 0 aromatic rings. The monoisotopic (exact) mass is 212 g/mol. The summed E-state index contributed by atoms with van der Waals surface area (Å²) in [5, 5.41) is 0. The number of hydrogen-bond acceptors (Lipinski definition) is 2. The first-order chi connectivity index (χ1) is 7.26. The van der Waals surface area contributed by atoms with Gasteiger partial charge in [0.1, 0.15) is 12.6 Å². The fourth-order valence-electron chi connectivity index (χ4n) is 1.85. The van der Waals surface area contributed by atoms with E-state index in [0.29, 0.717) is 12.3 Å². The van der Waals surface area contributed by atoms with Crippen LogP contribution >= 0.6 is 0 Å². The quantitative estimate of drug-likeness (QED) is 0.411. The molecule has 0 aromatic carbocycles. The summed E-state index contributed by atoms with van der Waals surface area (Å²) in [6, 6.07) is 0. The van der Waals surface area contributed by atoms with E-state index in [1.165, 1.54) is 25.7 Å². The molecule has 2 nitrogen and oxygen atoms in total. The summed E-state index contributed by atoms with van der Waals surface area (Å²) in [5.74, 6) is 0.510. The summed E-state index contributed by atoms with van der Waals surface area (Å²) in [7, 11) is 0. The lowest BCUT2D eigenvalue weighted by Crippen LogP contribution is -2.13. The number of aldehydes is 2. The lowest BCUT2D eigenvalue weighted by Gasteiger charge is -2.17. The van der Waals surface area contributed by atoms with Crippen molar-refractivity contribution in [3.05, 3.63) is 0 Å². The zero-order valence-corrected chi connectivity index (χ0v) is 10.1. The molecule has 0 aromatic heterocycles. The van der Waals surface area contributed by atoms with E-state index in [0.717, 1.165) is 25.4 Å². The molecule has 0 bridgehead atoms. The van der Waals surface area contributed by atoms with Gasteiger partial charge in [-0.25, -0.2) is 0 Å². The summed E-state index contributed by atoms with van der Waals surface area (Å²) >= 11 is 0. The second kappa shape index (κ2) is 9.88. The third-order valence-corrected chi connectivity index (χ3v) is 3.04. The van der Waals surface area contributed by atoms with Crippen molar-refractivity contribution in [2.24, 2.45) is 11.8 Å². The van der Waals surface area contributed by atoms with Crippen molar-refractivity contribution in [3.8, 4) is 0 Å². The molecule has 0 radical (unpaired) electrons. The van der Waals surface area contributed by atoms with Gasteiger partial charge in [-0.2, -0.15) is 0 Å². The van der Waals surface area contributed by atoms with Crippen LogP contribution in [-0.4, -0.2) is 12.6 Å². The summed E-state index contributed by atoms with van der Waals surface area (Å²) in [5.41, 5.74) is 0. The summed E-state index contributed by atoms with van der Waals surface area (Å²) in [6.45, 7) is 4.32. The lowest BCUT2D eigenvalue weighted by atomic mass is 9.87. The molecule has 0 heterocycles. The first-order valence-electron chi connectivity index (χ1n) is 6.15. The third-order valence-electron chi connectivity index (χ3n) is 3.04. The van der Waals surface area contributed by atoms with E-state index in [4.69, 9.17) is 0 Å². The van der Waals surface area contributed by atoms with Crippen molar-refractivity contribution in [2.45, 2.75) is 58.8 Å². The average molecular weight is 212 g/mol. The van der Waals surface area contributed by atoms with E-state index in [1.54, 1.807) is 0 Å². The highest BCUT2D eigenvalue weighted by Crippen LogP contribution is 2.21. The minimum atomic E-state index is 0.0804. The highest BCUT2D eigenvalue weighted by molar-refractivity contribution is 5.56. The van der Waals surface area contributed by atoms with Gasteiger partial charge in [-0.15, -0.1) is 0 Å². The van der Waals surface area contributed by atoms with E-state index in [1.807, 2.05) is 0 Å². The van der Waals surface area contributed by atoms with Gasteiger partial charge in [0, 0.05) is 12.3 Å². The Morgan fingerprint density at radius 2 is 1.80 bits per heavy atom. The Hall–Kier alpha value is -0.660. The highest BCUT2D eigenvalue weighted by atomic mass is 16.1. The van der Waals surface area contributed by atoms with E-state index in [2.05, 4.69) is 13.8 Å². The molecule has 0 amide bonds. The van der Waals surface area contributed by atoms with Gasteiger partial charge in [0.05, 0.1) is 0 Å². The van der Waals surface area contributed by atoms with Crippen LogP contribution in [0.1, 0.15) is 58.8 Å². The normalized spacial score (nSPS) is 14.5. The van der Waals surface area contributed by atoms with Crippen molar-refractivity contribution in [3.63, 3.8) is 0 Å². The average Bonchev–Trinajstić information content (AvgIpc) is 2.25. The Balaban J connectivity index is 3.67. The van der Waals surface area contributed by atoms with Crippen LogP contribution in [0.2, 0.25) is 0 Å². The summed E-state index contributed by atoms with van der Waals surface area (Å²) in [4.78, 5) is 21.1. The van der Waals surface area contributed by atoms with Gasteiger partial charge in [0.15, 0.2) is 0 Å². The Morgan fingerprint density at radius 3 is 2.33 bits per heavy atom. The number of unbranched alkanes of at least 4 members (excludes halogenated alkanes) is 3. The second-order valence-corrected chi connectivity index (χ2v) is 4.37. The summed E-state index contributed by atoms with van der Waals surface area (Å²) in [6.07, 6.45) is 9.28. The minimum absolute atomic E-state index is 0.0804.